The monoisotopic (exact) mass is 173 g/mol. The van der Waals surface area contributed by atoms with Crippen LogP contribution < -0.4 is 5.32 Å². The second kappa shape index (κ2) is 4.21. The highest BCUT2D eigenvalue weighted by atomic mass is 16.3. The maximum Gasteiger partial charge on any atom is 0.0642 e. The Balaban J connectivity index is 2.60. The van der Waals surface area contributed by atoms with Crippen molar-refractivity contribution in [3.8, 4) is 0 Å². The predicted molar refractivity (Wildman–Crippen MR) is 47.9 cm³/mol. The SMILES string of the molecule is CCC[C@]1(CO)CNCC[C@@H]1O. The molecule has 2 atom stereocenters. The minimum absolute atomic E-state index is 0.0923. The van der Waals surface area contributed by atoms with Crippen molar-refractivity contribution in [2.24, 2.45) is 5.41 Å². The van der Waals surface area contributed by atoms with Crippen molar-refractivity contribution in [1.82, 2.24) is 5.32 Å². The molecule has 0 amide bonds. The topological polar surface area (TPSA) is 52.5 Å². The first kappa shape index (κ1) is 9.96. The van der Waals surface area contributed by atoms with Gasteiger partial charge in [0.1, 0.15) is 0 Å². The number of aliphatic hydroxyl groups is 2. The highest BCUT2D eigenvalue weighted by Gasteiger charge is 2.38. The molecule has 3 nitrogen and oxygen atoms in total. The summed E-state index contributed by atoms with van der Waals surface area (Å²) in [4.78, 5) is 0. The molecule has 1 aliphatic rings. The number of hydrogen-bond acceptors (Lipinski definition) is 3. The van der Waals surface area contributed by atoms with Gasteiger partial charge in [-0.1, -0.05) is 13.3 Å². The van der Waals surface area contributed by atoms with Crippen LogP contribution in [0.1, 0.15) is 26.2 Å². The van der Waals surface area contributed by atoms with Crippen LogP contribution in [0.4, 0.5) is 0 Å². The Morgan fingerprint density at radius 3 is 2.83 bits per heavy atom. The highest BCUT2D eigenvalue weighted by molar-refractivity contribution is 4.91. The van der Waals surface area contributed by atoms with Crippen molar-refractivity contribution in [2.45, 2.75) is 32.3 Å². The van der Waals surface area contributed by atoms with E-state index >= 15 is 0 Å². The van der Waals surface area contributed by atoms with Gasteiger partial charge in [0, 0.05) is 12.0 Å². The van der Waals surface area contributed by atoms with Crippen molar-refractivity contribution in [3.63, 3.8) is 0 Å². The summed E-state index contributed by atoms with van der Waals surface area (Å²) < 4.78 is 0. The van der Waals surface area contributed by atoms with Crippen molar-refractivity contribution < 1.29 is 10.2 Å². The van der Waals surface area contributed by atoms with Gasteiger partial charge in [-0.3, -0.25) is 0 Å². The van der Waals surface area contributed by atoms with Gasteiger partial charge in [-0.15, -0.1) is 0 Å². The third-order valence-corrected chi connectivity index (χ3v) is 2.84. The molecule has 0 aromatic carbocycles. The molecule has 0 aromatic rings. The Hall–Kier alpha value is -0.120. The number of aliphatic hydroxyl groups excluding tert-OH is 2. The fourth-order valence-corrected chi connectivity index (χ4v) is 1.99. The summed E-state index contributed by atoms with van der Waals surface area (Å²) in [5.41, 5.74) is -0.271. The molecule has 3 heteroatoms. The van der Waals surface area contributed by atoms with Gasteiger partial charge in [0.25, 0.3) is 0 Å². The number of hydrogen-bond donors (Lipinski definition) is 3. The summed E-state index contributed by atoms with van der Waals surface area (Å²) in [6.07, 6.45) is 2.35. The lowest BCUT2D eigenvalue weighted by Crippen LogP contribution is -2.52. The summed E-state index contributed by atoms with van der Waals surface area (Å²) in [5, 5.41) is 22.2. The average Bonchev–Trinajstić information content (AvgIpc) is 2.10. The molecule has 1 aliphatic heterocycles. The Morgan fingerprint density at radius 1 is 1.58 bits per heavy atom. The van der Waals surface area contributed by atoms with Crippen molar-refractivity contribution in [3.05, 3.63) is 0 Å². The quantitative estimate of drug-likeness (QED) is 0.568. The maximum absolute atomic E-state index is 9.75. The summed E-state index contributed by atoms with van der Waals surface area (Å²) in [5.74, 6) is 0. The van der Waals surface area contributed by atoms with Gasteiger partial charge >= 0.3 is 0 Å². The van der Waals surface area contributed by atoms with E-state index in [1.165, 1.54) is 0 Å². The predicted octanol–water partition coefficient (Wildman–Crippen LogP) is 0.119. The van der Waals surface area contributed by atoms with E-state index in [4.69, 9.17) is 0 Å². The van der Waals surface area contributed by atoms with Crippen LogP contribution in [-0.2, 0) is 0 Å². The summed E-state index contributed by atoms with van der Waals surface area (Å²) in [6, 6.07) is 0. The van der Waals surface area contributed by atoms with Crippen LogP contribution in [-0.4, -0.2) is 36.0 Å². The summed E-state index contributed by atoms with van der Waals surface area (Å²) in [7, 11) is 0. The van der Waals surface area contributed by atoms with Gasteiger partial charge in [0.15, 0.2) is 0 Å². The number of piperidine rings is 1. The van der Waals surface area contributed by atoms with Crippen LogP contribution in [0.15, 0.2) is 0 Å². The Morgan fingerprint density at radius 2 is 2.33 bits per heavy atom. The zero-order valence-corrected chi connectivity index (χ0v) is 7.71. The van der Waals surface area contributed by atoms with Crippen molar-refractivity contribution >= 4 is 0 Å². The molecule has 3 N–H and O–H groups in total. The smallest absolute Gasteiger partial charge is 0.0642 e. The van der Waals surface area contributed by atoms with Gasteiger partial charge in [-0.25, -0.2) is 0 Å². The van der Waals surface area contributed by atoms with Crippen LogP contribution in [0.2, 0.25) is 0 Å². The lowest BCUT2D eigenvalue weighted by atomic mass is 9.75. The molecule has 0 spiro atoms. The van der Waals surface area contributed by atoms with E-state index in [0.29, 0.717) is 0 Å². The average molecular weight is 173 g/mol. The highest BCUT2D eigenvalue weighted by Crippen LogP contribution is 2.31. The van der Waals surface area contributed by atoms with Gasteiger partial charge < -0.3 is 15.5 Å². The van der Waals surface area contributed by atoms with Crippen LogP contribution in [0, 0.1) is 5.41 Å². The fraction of sp³-hybridized carbons (Fsp3) is 1.00. The zero-order valence-electron chi connectivity index (χ0n) is 7.71. The minimum Gasteiger partial charge on any atom is -0.396 e. The van der Waals surface area contributed by atoms with E-state index in [1.54, 1.807) is 0 Å². The number of rotatable bonds is 3. The lowest BCUT2D eigenvalue weighted by Gasteiger charge is -2.40. The van der Waals surface area contributed by atoms with Crippen LogP contribution >= 0.6 is 0 Å². The lowest BCUT2D eigenvalue weighted by molar-refractivity contribution is -0.0429. The van der Waals surface area contributed by atoms with Crippen molar-refractivity contribution in [1.29, 1.82) is 0 Å². The molecule has 0 bridgehead atoms. The molecule has 1 rings (SSSR count). The Kier molecular flexibility index (Phi) is 3.50. The van der Waals surface area contributed by atoms with E-state index in [-0.39, 0.29) is 18.1 Å². The molecule has 1 saturated heterocycles. The molecule has 0 aromatic heterocycles. The first-order valence-electron chi connectivity index (χ1n) is 4.75. The molecule has 0 aliphatic carbocycles. The van der Waals surface area contributed by atoms with Gasteiger partial charge in [-0.2, -0.15) is 0 Å². The molecular weight excluding hydrogens is 154 g/mol. The van der Waals surface area contributed by atoms with Crippen LogP contribution in [0.25, 0.3) is 0 Å². The van der Waals surface area contributed by atoms with Gasteiger partial charge in [0.2, 0.25) is 0 Å². The standard InChI is InChI=1S/C9H19NO2/c1-2-4-9(7-11)6-10-5-3-8(9)12/h8,10-12H,2-7H2,1H3/t8-,9+/m0/s1. The molecule has 0 radical (unpaired) electrons. The van der Waals surface area contributed by atoms with Gasteiger partial charge in [0.05, 0.1) is 12.7 Å². The van der Waals surface area contributed by atoms with E-state index < -0.39 is 0 Å². The fourth-order valence-electron chi connectivity index (χ4n) is 1.99. The van der Waals surface area contributed by atoms with E-state index in [2.05, 4.69) is 12.2 Å². The largest absolute Gasteiger partial charge is 0.396 e. The first-order valence-corrected chi connectivity index (χ1v) is 4.75. The first-order chi connectivity index (χ1) is 5.75. The second-order valence-electron chi connectivity index (χ2n) is 3.75. The number of nitrogens with one attached hydrogen (secondary N) is 1. The van der Waals surface area contributed by atoms with E-state index in [0.717, 1.165) is 32.4 Å². The molecule has 72 valence electrons. The molecule has 1 fully saturated rings. The Bertz CT molecular complexity index is 136. The second-order valence-corrected chi connectivity index (χ2v) is 3.75. The minimum atomic E-state index is -0.330. The molecular formula is C9H19NO2. The van der Waals surface area contributed by atoms with Crippen LogP contribution in [0.5, 0.6) is 0 Å². The van der Waals surface area contributed by atoms with E-state index in [1.807, 2.05) is 0 Å². The summed E-state index contributed by atoms with van der Waals surface area (Å²) >= 11 is 0. The third-order valence-electron chi connectivity index (χ3n) is 2.84. The Labute approximate surface area is 73.8 Å². The maximum atomic E-state index is 9.75. The van der Waals surface area contributed by atoms with Gasteiger partial charge in [-0.05, 0) is 19.4 Å². The normalized spacial score (nSPS) is 36.8. The zero-order chi connectivity index (χ0) is 9.03. The molecule has 12 heavy (non-hydrogen) atoms. The van der Waals surface area contributed by atoms with Crippen LogP contribution in [0.3, 0.4) is 0 Å². The van der Waals surface area contributed by atoms with Crippen molar-refractivity contribution in [2.75, 3.05) is 19.7 Å². The third kappa shape index (κ3) is 1.79. The summed E-state index contributed by atoms with van der Waals surface area (Å²) in [6.45, 7) is 3.79. The molecule has 1 heterocycles. The molecule has 0 saturated carbocycles. The van der Waals surface area contributed by atoms with E-state index in [9.17, 15) is 10.2 Å². The molecule has 0 unspecified atom stereocenters.